The number of aromatic nitrogens is 3. The summed E-state index contributed by atoms with van der Waals surface area (Å²) in [6, 6.07) is 9.56. The first kappa shape index (κ1) is 20.6. The largest absolute Gasteiger partial charge is 0.467 e. The molecule has 0 bridgehead atoms. The lowest BCUT2D eigenvalue weighted by atomic mass is 10.2. The number of amides is 1. The van der Waals surface area contributed by atoms with Crippen LogP contribution in [0.4, 0.5) is 11.4 Å². The van der Waals surface area contributed by atoms with Crippen molar-refractivity contribution in [2.24, 2.45) is 0 Å². The van der Waals surface area contributed by atoms with Crippen LogP contribution in [0.3, 0.4) is 0 Å². The number of carbonyl (C=O) groups excluding carboxylic acids is 1. The van der Waals surface area contributed by atoms with Crippen molar-refractivity contribution in [3.63, 3.8) is 0 Å². The van der Waals surface area contributed by atoms with Gasteiger partial charge >= 0.3 is 0 Å². The lowest BCUT2D eigenvalue weighted by Gasteiger charge is -2.17. The Hall–Kier alpha value is -3.14. The average molecular weight is 415 g/mol. The van der Waals surface area contributed by atoms with E-state index in [9.17, 15) is 14.9 Å². The molecular formula is C19H21N5O4S. The van der Waals surface area contributed by atoms with E-state index in [4.69, 9.17) is 4.42 Å². The number of benzene rings is 1. The zero-order valence-electron chi connectivity index (χ0n) is 16.3. The molecule has 152 valence electrons. The van der Waals surface area contributed by atoms with Gasteiger partial charge < -0.3 is 9.32 Å². The monoisotopic (exact) mass is 415 g/mol. The number of non-ortho nitro benzene ring substituents is 1. The first-order valence-electron chi connectivity index (χ1n) is 8.96. The van der Waals surface area contributed by atoms with Crippen LogP contribution in [0, 0.1) is 10.1 Å². The van der Waals surface area contributed by atoms with E-state index in [1.54, 1.807) is 25.4 Å². The lowest BCUT2D eigenvalue weighted by Crippen LogP contribution is -2.28. The maximum Gasteiger partial charge on any atom is 0.269 e. The minimum absolute atomic E-state index is 0.0174. The summed E-state index contributed by atoms with van der Waals surface area (Å²) in [4.78, 5) is 24.4. The minimum atomic E-state index is -0.473. The minimum Gasteiger partial charge on any atom is -0.467 e. The van der Waals surface area contributed by atoms with Crippen molar-refractivity contribution >= 4 is 29.0 Å². The van der Waals surface area contributed by atoms with Gasteiger partial charge in [0.15, 0.2) is 5.16 Å². The molecule has 0 aliphatic heterocycles. The van der Waals surface area contributed by atoms with Crippen LogP contribution in [0.15, 0.2) is 52.2 Å². The molecule has 0 unspecified atom stereocenters. The normalized spacial score (nSPS) is 11.0. The van der Waals surface area contributed by atoms with Crippen LogP contribution in [0.5, 0.6) is 0 Å². The summed E-state index contributed by atoms with van der Waals surface area (Å²) in [6.45, 7) is 4.55. The van der Waals surface area contributed by atoms with Crippen molar-refractivity contribution in [1.82, 2.24) is 14.8 Å². The average Bonchev–Trinajstić information content (AvgIpc) is 3.36. The molecule has 0 fully saturated rings. The molecule has 0 N–H and O–H groups in total. The van der Waals surface area contributed by atoms with E-state index in [0.29, 0.717) is 17.4 Å². The zero-order valence-corrected chi connectivity index (χ0v) is 17.1. The Labute approximate surface area is 171 Å². The molecule has 0 radical (unpaired) electrons. The molecule has 0 aliphatic carbocycles. The molecule has 0 saturated carbocycles. The van der Waals surface area contributed by atoms with Gasteiger partial charge in [0.2, 0.25) is 5.91 Å². The lowest BCUT2D eigenvalue weighted by molar-refractivity contribution is -0.384. The van der Waals surface area contributed by atoms with E-state index in [-0.39, 0.29) is 23.3 Å². The van der Waals surface area contributed by atoms with Crippen molar-refractivity contribution < 1.29 is 14.1 Å². The Morgan fingerprint density at radius 3 is 2.59 bits per heavy atom. The van der Waals surface area contributed by atoms with E-state index in [2.05, 4.69) is 10.2 Å². The third-order valence-electron chi connectivity index (χ3n) is 4.30. The molecule has 2 aromatic heterocycles. The van der Waals surface area contributed by atoms with Gasteiger partial charge in [-0.25, -0.2) is 0 Å². The van der Waals surface area contributed by atoms with E-state index in [1.807, 2.05) is 30.5 Å². The molecule has 0 spiro atoms. The third kappa shape index (κ3) is 4.83. The van der Waals surface area contributed by atoms with Gasteiger partial charge in [0.25, 0.3) is 5.69 Å². The van der Waals surface area contributed by atoms with E-state index in [1.165, 1.54) is 28.8 Å². The fourth-order valence-corrected chi connectivity index (χ4v) is 3.56. The summed E-state index contributed by atoms with van der Waals surface area (Å²) in [6.07, 6.45) is 1.62. The number of nitro groups is 1. The molecule has 0 aliphatic rings. The van der Waals surface area contributed by atoms with Gasteiger partial charge in [-0.05, 0) is 24.3 Å². The molecule has 10 heteroatoms. The molecule has 1 amide bonds. The number of furan rings is 1. The highest BCUT2D eigenvalue weighted by molar-refractivity contribution is 7.99. The molecule has 1 aromatic carbocycles. The molecule has 0 saturated heterocycles. The number of hydrogen-bond donors (Lipinski definition) is 0. The van der Waals surface area contributed by atoms with Gasteiger partial charge in [-0.3, -0.25) is 19.5 Å². The molecule has 3 aromatic rings. The Kier molecular flexibility index (Phi) is 6.32. The summed E-state index contributed by atoms with van der Waals surface area (Å²) in [5.74, 6) is 1.78. The first-order valence-corrected chi connectivity index (χ1v) is 9.94. The van der Waals surface area contributed by atoms with E-state index in [0.717, 1.165) is 11.6 Å². The number of rotatable bonds is 8. The van der Waals surface area contributed by atoms with Crippen LogP contribution in [0.1, 0.15) is 31.4 Å². The maximum absolute atomic E-state index is 12.6. The van der Waals surface area contributed by atoms with Gasteiger partial charge in [-0.1, -0.05) is 25.6 Å². The van der Waals surface area contributed by atoms with Gasteiger partial charge in [0.05, 0.1) is 23.5 Å². The number of thioether (sulfide) groups is 1. The van der Waals surface area contributed by atoms with Crippen LogP contribution >= 0.6 is 11.8 Å². The van der Waals surface area contributed by atoms with Crippen LogP contribution in [0.25, 0.3) is 0 Å². The van der Waals surface area contributed by atoms with Crippen molar-refractivity contribution in [2.75, 3.05) is 17.7 Å². The molecule has 3 rings (SSSR count). The molecular weight excluding hydrogens is 394 g/mol. The smallest absolute Gasteiger partial charge is 0.269 e. The van der Waals surface area contributed by atoms with Crippen LogP contribution in [-0.4, -0.2) is 38.4 Å². The predicted octanol–water partition coefficient (Wildman–Crippen LogP) is 3.71. The zero-order chi connectivity index (χ0) is 21.0. The van der Waals surface area contributed by atoms with Crippen LogP contribution in [0.2, 0.25) is 0 Å². The van der Waals surface area contributed by atoms with Gasteiger partial charge in [-0.15, -0.1) is 10.2 Å². The summed E-state index contributed by atoms with van der Waals surface area (Å²) in [7, 11) is 1.64. The third-order valence-corrected chi connectivity index (χ3v) is 5.25. The molecule has 2 heterocycles. The van der Waals surface area contributed by atoms with Gasteiger partial charge in [0.1, 0.15) is 11.6 Å². The van der Waals surface area contributed by atoms with E-state index < -0.39 is 4.92 Å². The highest BCUT2D eigenvalue weighted by Crippen LogP contribution is 2.24. The molecule has 0 atom stereocenters. The van der Waals surface area contributed by atoms with Crippen molar-refractivity contribution in [2.45, 2.75) is 31.5 Å². The number of hydrogen-bond acceptors (Lipinski definition) is 7. The number of anilines is 1. The fraction of sp³-hybridized carbons (Fsp3) is 0.316. The van der Waals surface area contributed by atoms with Crippen molar-refractivity contribution in [1.29, 1.82) is 0 Å². The van der Waals surface area contributed by atoms with Gasteiger partial charge in [-0.2, -0.15) is 0 Å². The Morgan fingerprint density at radius 2 is 2.00 bits per heavy atom. The quantitative estimate of drug-likeness (QED) is 0.313. The number of nitrogens with zero attached hydrogens (tertiary/aromatic N) is 5. The Bertz CT molecular complexity index is 983. The highest BCUT2D eigenvalue weighted by atomic mass is 32.2. The predicted molar refractivity (Wildman–Crippen MR) is 109 cm³/mol. The summed E-state index contributed by atoms with van der Waals surface area (Å²) >= 11 is 1.29. The second-order valence-corrected chi connectivity index (χ2v) is 7.62. The van der Waals surface area contributed by atoms with Crippen LogP contribution < -0.4 is 4.90 Å². The van der Waals surface area contributed by atoms with E-state index >= 15 is 0 Å². The standard InChI is InChI=1S/C19H21N5O4S/c1-13(2)18-20-21-19(23(18)11-16-5-4-10-28-16)29-12-17(25)22(3)14-6-8-15(9-7-14)24(26)27/h4-10,13H,11-12H2,1-3H3. The highest BCUT2D eigenvalue weighted by Gasteiger charge is 2.19. The SMILES string of the molecule is CC(C)c1nnc(SCC(=O)N(C)c2ccc([N+](=O)[O-])cc2)n1Cc1ccco1. The van der Waals surface area contributed by atoms with Crippen molar-refractivity contribution in [3.8, 4) is 0 Å². The number of nitro benzene ring substituents is 1. The molecule has 29 heavy (non-hydrogen) atoms. The fourth-order valence-electron chi connectivity index (χ4n) is 2.71. The number of carbonyl (C=O) groups is 1. The van der Waals surface area contributed by atoms with Crippen LogP contribution in [-0.2, 0) is 11.3 Å². The van der Waals surface area contributed by atoms with Crippen molar-refractivity contribution in [3.05, 3.63) is 64.4 Å². The summed E-state index contributed by atoms with van der Waals surface area (Å²) in [5.41, 5.74) is 0.567. The summed E-state index contributed by atoms with van der Waals surface area (Å²) in [5, 5.41) is 19.9. The van der Waals surface area contributed by atoms with Gasteiger partial charge in [0, 0.05) is 30.8 Å². The second-order valence-electron chi connectivity index (χ2n) is 6.68. The topological polar surface area (TPSA) is 107 Å². The Balaban J connectivity index is 1.70. The first-order chi connectivity index (χ1) is 13.9. The molecule has 9 nitrogen and oxygen atoms in total. The maximum atomic E-state index is 12.6. The summed E-state index contributed by atoms with van der Waals surface area (Å²) < 4.78 is 7.39. The Morgan fingerprint density at radius 1 is 1.28 bits per heavy atom. The second kappa shape index (κ2) is 8.91.